The lowest BCUT2D eigenvalue weighted by Gasteiger charge is -2.26. The Bertz CT molecular complexity index is 192. The van der Waals surface area contributed by atoms with Crippen molar-refractivity contribution in [1.82, 2.24) is 4.90 Å². The SMILES string of the molecule is COCCN(C1CC1)C(C)C(=O)OC. The fourth-order valence-electron chi connectivity index (χ4n) is 1.60. The van der Waals surface area contributed by atoms with Crippen molar-refractivity contribution in [2.75, 3.05) is 27.4 Å². The number of nitrogens with zero attached hydrogens (tertiary/aromatic N) is 1. The lowest BCUT2D eigenvalue weighted by molar-refractivity contribution is -0.146. The second-order valence-corrected chi connectivity index (χ2v) is 3.66. The number of rotatable bonds is 6. The fourth-order valence-corrected chi connectivity index (χ4v) is 1.60. The Labute approximate surface area is 85.2 Å². The summed E-state index contributed by atoms with van der Waals surface area (Å²) in [5.41, 5.74) is 0. The van der Waals surface area contributed by atoms with Crippen molar-refractivity contribution in [1.29, 1.82) is 0 Å². The maximum atomic E-state index is 11.3. The highest BCUT2D eigenvalue weighted by Gasteiger charge is 2.34. The molecule has 1 saturated carbocycles. The van der Waals surface area contributed by atoms with E-state index < -0.39 is 0 Å². The fraction of sp³-hybridized carbons (Fsp3) is 0.900. The molecular weight excluding hydrogens is 182 g/mol. The van der Waals surface area contributed by atoms with Crippen molar-refractivity contribution >= 4 is 5.97 Å². The number of hydrogen-bond donors (Lipinski definition) is 0. The van der Waals surface area contributed by atoms with Crippen LogP contribution in [0, 0.1) is 0 Å². The topological polar surface area (TPSA) is 38.8 Å². The minimum absolute atomic E-state index is 0.150. The van der Waals surface area contributed by atoms with Gasteiger partial charge in [0.2, 0.25) is 0 Å². The zero-order valence-electron chi connectivity index (χ0n) is 9.16. The van der Waals surface area contributed by atoms with Crippen molar-refractivity contribution in [2.24, 2.45) is 0 Å². The van der Waals surface area contributed by atoms with Gasteiger partial charge < -0.3 is 9.47 Å². The van der Waals surface area contributed by atoms with Crippen LogP contribution in [0.25, 0.3) is 0 Å². The maximum absolute atomic E-state index is 11.3. The smallest absolute Gasteiger partial charge is 0.322 e. The summed E-state index contributed by atoms with van der Waals surface area (Å²) in [6, 6.07) is 0.405. The largest absolute Gasteiger partial charge is 0.468 e. The molecule has 1 aliphatic carbocycles. The van der Waals surface area contributed by atoms with Gasteiger partial charge in [0.1, 0.15) is 6.04 Å². The molecular formula is C10H19NO3. The van der Waals surface area contributed by atoms with E-state index in [1.807, 2.05) is 6.92 Å². The number of esters is 1. The van der Waals surface area contributed by atoms with Gasteiger partial charge in [-0.3, -0.25) is 9.69 Å². The summed E-state index contributed by atoms with van der Waals surface area (Å²) in [7, 11) is 3.11. The molecule has 4 heteroatoms. The van der Waals surface area contributed by atoms with E-state index in [1.54, 1.807) is 7.11 Å². The van der Waals surface area contributed by atoms with Crippen LogP contribution in [0.4, 0.5) is 0 Å². The molecule has 1 atom stereocenters. The van der Waals surface area contributed by atoms with Crippen LogP contribution in [0.15, 0.2) is 0 Å². The van der Waals surface area contributed by atoms with E-state index in [0.717, 1.165) is 6.54 Å². The Kier molecular flexibility index (Phi) is 4.35. The summed E-state index contributed by atoms with van der Waals surface area (Å²) in [6.45, 7) is 3.36. The molecule has 82 valence electrons. The summed E-state index contributed by atoms with van der Waals surface area (Å²) in [5, 5.41) is 0. The van der Waals surface area contributed by atoms with E-state index in [1.165, 1.54) is 20.0 Å². The van der Waals surface area contributed by atoms with Gasteiger partial charge in [0.25, 0.3) is 0 Å². The van der Waals surface area contributed by atoms with Gasteiger partial charge in [0.05, 0.1) is 13.7 Å². The molecule has 0 spiro atoms. The lowest BCUT2D eigenvalue weighted by atomic mass is 10.2. The molecule has 1 rings (SSSR count). The minimum atomic E-state index is -0.159. The quantitative estimate of drug-likeness (QED) is 0.592. The van der Waals surface area contributed by atoms with Crippen LogP contribution in [0.1, 0.15) is 19.8 Å². The van der Waals surface area contributed by atoms with Crippen molar-refractivity contribution in [2.45, 2.75) is 31.8 Å². The van der Waals surface area contributed by atoms with Gasteiger partial charge in [-0.05, 0) is 19.8 Å². The number of ether oxygens (including phenoxy) is 2. The highest BCUT2D eigenvalue weighted by Crippen LogP contribution is 2.28. The molecule has 0 heterocycles. The zero-order valence-corrected chi connectivity index (χ0v) is 9.16. The maximum Gasteiger partial charge on any atom is 0.322 e. The molecule has 1 unspecified atom stereocenters. The third-order valence-corrected chi connectivity index (χ3v) is 2.61. The van der Waals surface area contributed by atoms with E-state index in [-0.39, 0.29) is 12.0 Å². The van der Waals surface area contributed by atoms with Gasteiger partial charge in [0.15, 0.2) is 0 Å². The van der Waals surface area contributed by atoms with E-state index in [4.69, 9.17) is 9.47 Å². The summed E-state index contributed by atoms with van der Waals surface area (Å²) >= 11 is 0. The van der Waals surface area contributed by atoms with Crippen molar-refractivity contribution < 1.29 is 14.3 Å². The average molecular weight is 201 g/mol. The highest BCUT2D eigenvalue weighted by atomic mass is 16.5. The van der Waals surface area contributed by atoms with Crippen LogP contribution in [0.5, 0.6) is 0 Å². The standard InChI is InChI=1S/C10H19NO3/c1-8(10(12)14-3)11(6-7-13-2)9-4-5-9/h8-9H,4-7H2,1-3H3. The van der Waals surface area contributed by atoms with E-state index in [0.29, 0.717) is 12.6 Å². The predicted octanol–water partition coefficient (Wildman–Crippen LogP) is 0.659. The van der Waals surface area contributed by atoms with Gasteiger partial charge in [-0.2, -0.15) is 0 Å². The first kappa shape index (κ1) is 11.5. The van der Waals surface area contributed by atoms with Crippen molar-refractivity contribution in [3.05, 3.63) is 0 Å². The molecule has 0 aromatic carbocycles. The highest BCUT2D eigenvalue weighted by molar-refractivity contribution is 5.75. The van der Waals surface area contributed by atoms with Crippen molar-refractivity contribution in [3.8, 4) is 0 Å². The third-order valence-electron chi connectivity index (χ3n) is 2.61. The van der Waals surface area contributed by atoms with E-state index in [2.05, 4.69) is 4.90 Å². The molecule has 4 nitrogen and oxygen atoms in total. The molecule has 0 amide bonds. The molecule has 0 aromatic rings. The van der Waals surface area contributed by atoms with Gasteiger partial charge in [0, 0.05) is 19.7 Å². The normalized spacial score (nSPS) is 18.3. The molecule has 14 heavy (non-hydrogen) atoms. The Balaban J connectivity index is 2.43. The van der Waals surface area contributed by atoms with Gasteiger partial charge in [-0.25, -0.2) is 0 Å². The summed E-state index contributed by atoms with van der Waals surface area (Å²) in [4.78, 5) is 13.5. The lowest BCUT2D eigenvalue weighted by Crippen LogP contribution is -2.42. The first-order valence-corrected chi connectivity index (χ1v) is 5.03. The minimum Gasteiger partial charge on any atom is -0.468 e. The zero-order chi connectivity index (χ0) is 10.6. The second kappa shape index (κ2) is 5.32. The molecule has 0 saturated heterocycles. The molecule has 0 radical (unpaired) electrons. The van der Waals surface area contributed by atoms with Crippen molar-refractivity contribution in [3.63, 3.8) is 0 Å². The van der Waals surface area contributed by atoms with Crippen LogP contribution in [-0.2, 0) is 14.3 Å². The summed E-state index contributed by atoms with van der Waals surface area (Å²) < 4.78 is 9.75. The van der Waals surface area contributed by atoms with Gasteiger partial charge in [-0.15, -0.1) is 0 Å². The van der Waals surface area contributed by atoms with Crippen LogP contribution >= 0.6 is 0 Å². The van der Waals surface area contributed by atoms with Gasteiger partial charge in [-0.1, -0.05) is 0 Å². The Morgan fingerprint density at radius 3 is 2.57 bits per heavy atom. The van der Waals surface area contributed by atoms with E-state index >= 15 is 0 Å². The van der Waals surface area contributed by atoms with Crippen LogP contribution in [0.2, 0.25) is 0 Å². The first-order chi connectivity index (χ1) is 6.70. The van der Waals surface area contributed by atoms with Crippen LogP contribution < -0.4 is 0 Å². The van der Waals surface area contributed by atoms with Gasteiger partial charge >= 0.3 is 5.97 Å². The predicted molar refractivity (Wildman–Crippen MR) is 53.1 cm³/mol. The molecule has 1 aliphatic rings. The number of hydrogen-bond acceptors (Lipinski definition) is 4. The Morgan fingerprint density at radius 1 is 1.50 bits per heavy atom. The molecule has 0 bridgehead atoms. The van der Waals surface area contributed by atoms with Crippen LogP contribution in [0.3, 0.4) is 0 Å². The average Bonchev–Trinajstić information content (AvgIpc) is 3.01. The molecule has 0 N–H and O–H groups in total. The van der Waals surface area contributed by atoms with E-state index in [9.17, 15) is 4.79 Å². The Hall–Kier alpha value is -0.610. The second-order valence-electron chi connectivity index (χ2n) is 3.66. The first-order valence-electron chi connectivity index (χ1n) is 5.03. The molecule has 1 fully saturated rings. The summed E-state index contributed by atoms with van der Waals surface area (Å²) in [6.07, 6.45) is 2.37. The summed E-state index contributed by atoms with van der Waals surface area (Å²) in [5.74, 6) is -0.159. The monoisotopic (exact) mass is 201 g/mol. The Morgan fingerprint density at radius 2 is 2.14 bits per heavy atom. The number of methoxy groups -OCH3 is 2. The third kappa shape index (κ3) is 2.96. The van der Waals surface area contributed by atoms with Crippen LogP contribution in [-0.4, -0.2) is 50.3 Å². The molecule has 0 aromatic heterocycles. The molecule has 0 aliphatic heterocycles. The number of carbonyl (C=O) groups excluding carboxylic acids is 1. The number of carbonyl (C=O) groups is 1.